The van der Waals surface area contributed by atoms with Crippen LogP contribution in [-0.4, -0.2) is 40.3 Å². The zero-order valence-corrected chi connectivity index (χ0v) is 11.4. The summed E-state index contributed by atoms with van der Waals surface area (Å²) in [6, 6.07) is 6.70. The number of hydrogen-bond acceptors (Lipinski definition) is 5. The first-order chi connectivity index (χ1) is 8.93. The molecule has 1 rings (SSSR count). The Morgan fingerprint density at radius 1 is 1.42 bits per heavy atom. The lowest BCUT2D eigenvalue weighted by Crippen LogP contribution is -2.37. The van der Waals surface area contributed by atoms with Crippen LogP contribution in [0.5, 0.6) is 5.75 Å². The number of ether oxygens (including phenoxy) is 1. The van der Waals surface area contributed by atoms with E-state index in [-0.39, 0.29) is 18.9 Å². The first-order valence-corrected chi connectivity index (χ1v) is 7.24. The Labute approximate surface area is 112 Å². The molecule has 0 aliphatic carbocycles. The number of nitrogen functional groups attached to an aromatic ring is 1. The van der Waals surface area contributed by atoms with Gasteiger partial charge >= 0.3 is 0 Å². The summed E-state index contributed by atoms with van der Waals surface area (Å²) in [5.74, 6) is -0.138. The summed E-state index contributed by atoms with van der Waals surface area (Å²) in [5, 5.41) is 2.31. The number of benzene rings is 1. The average molecular weight is 287 g/mol. The normalized spacial score (nSPS) is 11.0. The molecule has 0 saturated carbocycles. The van der Waals surface area contributed by atoms with Crippen molar-refractivity contribution in [2.45, 2.75) is 0 Å². The van der Waals surface area contributed by atoms with Gasteiger partial charge in [-0.15, -0.1) is 0 Å². The van der Waals surface area contributed by atoms with Gasteiger partial charge in [0.05, 0.1) is 12.3 Å². The van der Waals surface area contributed by atoms with Gasteiger partial charge in [-0.05, 0) is 12.1 Å². The molecular weight excluding hydrogens is 270 g/mol. The molecule has 1 aromatic rings. The minimum Gasteiger partial charge on any atom is -0.492 e. The summed E-state index contributed by atoms with van der Waals surface area (Å²) in [6.45, 7) is -0.302. The molecule has 4 N–H and O–H groups in total. The van der Waals surface area contributed by atoms with Crippen LogP contribution in [0.15, 0.2) is 24.3 Å². The average Bonchev–Trinajstić information content (AvgIpc) is 2.36. The summed E-state index contributed by atoms with van der Waals surface area (Å²) in [4.78, 5) is 10.9. The highest BCUT2D eigenvalue weighted by Gasteiger charge is 2.11. The third-order valence-corrected chi connectivity index (χ3v) is 3.50. The van der Waals surface area contributed by atoms with E-state index in [1.54, 1.807) is 24.3 Å². The standard InChI is InChI=1S/C11H17N3O4S/c1-13-11(15)8-14-19(16,17)6-5-18-10-4-2-3-9(12)7-10/h2-4,7,14H,5-6,8,12H2,1H3,(H,13,15). The van der Waals surface area contributed by atoms with E-state index in [0.717, 1.165) is 0 Å². The van der Waals surface area contributed by atoms with Crippen LogP contribution in [0, 0.1) is 0 Å². The number of amides is 1. The monoisotopic (exact) mass is 287 g/mol. The second-order valence-corrected chi connectivity index (χ2v) is 5.66. The van der Waals surface area contributed by atoms with Crippen LogP contribution in [0.1, 0.15) is 0 Å². The number of nitrogens with one attached hydrogen (secondary N) is 2. The van der Waals surface area contributed by atoms with Gasteiger partial charge in [-0.1, -0.05) is 6.07 Å². The Bertz CT molecular complexity index is 530. The van der Waals surface area contributed by atoms with E-state index in [2.05, 4.69) is 10.0 Å². The molecular formula is C11H17N3O4S. The highest BCUT2D eigenvalue weighted by Crippen LogP contribution is 2.14. The summed E-state index contributed by atoms with van der Waals surface area (Å²) in [6.07, 6.45) is 0. The zero-order chi connectivity index (χ0) is 14.3. The third kappa shape index (κ3) is 6.07. The number of carbonyl (C=O) groups is 1. The maximum Gasteiger partial charge on any atom is 0.234 e. The van der Waals surface area contributed by atoms with E-state index in [1.165, 1.54) is 7.05 Å². The van der Waals surface area contributed by atoms with Crippen LogP contribution < -0.4 is 20.5 Å². The van der Waals surface area contributed by atoms with Gasteiger partial charge in [-0.25, -0.2) is 13.1 Å². The van der Waals surface area contributed by atoms with E-state index in [9.17, 15) is 13.2 Å². The molecule has 0 aromatic heterocycles. The first-order valence-electron chi connectivity index (χ1n) is 5.59. The Morgan fingerprint density at radius 2 is 2.16 bits per heavy atom. The Balaban J connectivity index is 2.37. The Kier molecular flexibility index (Phi) is 5.58. The molecule has 0 radical (unpaired) electrons. The SMILES string of the molecule is CNC(=O)CNS(=O)(=O)CCOc1cccc(N)c1. The lowest BCUT2D eigenvalue weighted by Gasteiger charge is -2.08. The molecule has 1 aromatic carbocycles. The molecule has 0 saturated heterocycles. The van der Waals surface area contributed by atoms with Crippen molar-refractivity contribution in [1.29, 1.82) is 0 Å². The van der Waals surface area contributed by atoms with Crippen LogP contribution in [0.3, 0.4) is 0 Å². The first kappa shape index (κ1) is 15.3. The number of anilines is 1. The number of nitrogens with two attached hydrogens (primary N) is 1. The summed E-state index contributed by atoms with van der Waals surface area (Å²) >= 11 is 0. The van der Waals surface area contributed by atoms with Crippen LogP contribution in [0.2, 0.25) is 0 Å². The van der Waals surface area contributed by atoms with Gasteiger partial charge in [0.1, 0.15) is 12.4 Å². The number of rotatable bonds is 7. The number of sulfonamides is 1. The summed E-state index contributed by atoms with van der Waals surface area (Å²) < 4.78 is 30.4. The molecule has 19 heavy (non-hydrogen) atoms. The molecule has 0 spiro atoms. The number of hydrogen-bond donors (Lipinski definition) is 3. The van der Waals surface area contributed by atoms with Crippen molar-refractivity contribution < 1.29 is 17.9 Å². The van der Waals surface area contributed by atoms with E-state index in [4.69, 9.17) is 10.5 Å². The maximum absolute atomic E-state index is 11.5. The van der Waals surface area contributed by atoms with Crippen LogP contribution in [0.25, 0.3) is 0 Å². The second-order valence-electron chi connectivity index (χ2n) is 3.73. The van der Waals surface area contributed by atoms with Crippen molar-refractivity contribution in [1.82, 2.24) is 10.0 Å². The molecule has 0 fully saturated rings. The van der Waals surface area contributed by atoms with Crippen molar-refractivity contribution in [2.24, 2.45) is 0 Å². The fraction of sp³-hybridized carbons (Fsp3) is 0.364. The van der Waals surface area contributed by atoms with Crippen molar-refractivity contribution in [2.75, 3.05) is 31.7 Å². The van der Waals surface area contributed by atoms with Gasteiger partial charge in [-0.3, -0.25) is 4.79 Å². The van der Waals surface area contributed by atoms with Crippen LogP contribution in [0.4, 0.5) is 5.69 Å². The second kappa shape index (κ2) is 6.95. The van der Waals surface area contributed by atoms with E-state index >= 15 is 0 Å². The minimum absolute atomic E-state index is 0.0213. The van der Waals surface area contributed by atoms with Gasteiger partial charge < -0.3 is 15.8 Å². The van der Waals surface area contributed by atoms with E-state index in [1.807, 2.05) is 0 Å². The predicted molar refractivity (Wildman–Crippen MR) is 72.2 cm³/mol. The van der Waals surface area contributed by atoms with Crippen molar-refractivity contribution in [3.05, 3.63) is 24.3 Å². The van der Waals surface area contributed by atoms with E-state index in [0.29, 0.717) is 11.4 Å². The molecule has 0 aliphatic rings. The van der Waals surface area contributed by atoms with E-state index < -0.39 is 15.9 Å². The minimum atomic E-state index is -3.53. The molecule has 1 amide bonds. The van der Waals surface area contributed by atoms with Gasteiger partial charge in [0.15, 0.2) is 0 Å². The molecule has 0 unspecified atom stereocenters. The summed E-state index contributed by atoms with van der Waals surface area (Å²) in [7, 11) is -2.10. The van der Waals surface area contributed by atoms with Crippen molar-refractivity contribution in [3.63, 3.8) is 0 Å². The van der Waals surface area contributed by atoms with Crippen molar-refractivity contribution >= 4 is 21.6 Å². The largest absolute Gasteiger partial charge is 0.492 e. The maximum atomic E-state index is 11.5. The lowest BCUT2D eigenvalue weighted by molar-refractivity contribution is -0.119. The number of carbonyl (C=O) groups excluding carboxylic acids is 1. The van der Waals surface area contributed by atoms with Crippen LogP contribution in [-0.2, 0) is 14.8 Å². The van der Waals surface area contributed by atoms with Gasteiger partial charge in [0.25, 0.3) is 0 Å². The Hall–Kier alpha value is -1.80. The highest BCUT2D eigenvalue weighted by molar-refractivity contribution is 7.89. The zero-order valence-electron chi connectivity index (χ0n) is 10.5. The smallest absolute Gasteiger partial charge is 0.234 e. The van der Waals surface area contributed by atoms with Gasteiger partial charge in [-0.2, -0.15) is 0 Å². The Morgan fingerprint density at radius 3 is 2.79 bits per heavy atom. The molecule has 106 valence electrons. The quantitative estimate of drug-likeness (QED) is 0.575. The van der Waals surface area contributed by atoms with Gasteiger partial charge in [0, 0.05) is 18.8 Å². The molecule has 8 heteroatoms. The predicted octanol–water partition coefficient (Wildman–Crippen LogP) is -0.687. The van der Waals surface area contributed by atoms with Gasteiger partial charge in [0.2, 0.25) is 15.9 Å². The molecule has 0 heterocycles. The van der Waals surface area contributed by atoms with Crippen LogP contribution >= 0.6 is 0 Å². The fourth-order valence-electron chi connectivity index (χ4n) is 1.21. The van der Waals surface area contributed by atoms with Crippen molar-refractivity contribution in [3.8, 4) is 5.75 Å². The fourth-order valence-corrected chi connectivity index (χ4v) is 2.01. The lowest BCUT2D eigenvalue weighted by atomic mass is 10.3. The number of likely N-dealkylation sites (N-methyl/N-ethyl adjacent to an activating group) is 1. The molecule has 7 nitrogen and oxygen atoms in total. The molecule has 0 bridgehead atoms. The summed E-state index contributed by atoms with van der Waals surface area (Å²) in [5.41, 5.74) is 6.10. The molecule has 0 aliphatic heterocycles. The third-order valence-electron chi connectivity index (χ3n) is 2.21. The topological polar surface area (TPSA) is 111 Å². The highest BCUT2D eigenvalue weighted by atomic mass is 32.2. The molecule has 0 atom stereocenters.